The molecule has 2 aromatic heterocycles. The molecule has 8 heteroatoms. The predicted molar refractivity (Wildman–Crippen MR) is 86.3 cm³/mol. The van der Waals surface area contributed by atoms with Crippen molar-refractivity contribution in [3.8, 4) is 0 Å². The zero-order valence-electron chi connectivity index (χ0n) is 13.4. The van der Waals surface area contributed by atoms with Crippen LogP contribution >= 0.6 is 0 Å². The van der Waals surface area contributed by atoms with Crippen molar-refractivity contribution >= 4 is 11.8 Å². The molecule has 0 aliphatic carbocycles. The first-order valence-corrected chi connectivity index (χ1v) is 7.65. The van der Waals surface area contributed by atoms with Crippen molar-refractivity contribution < 1.29 is 9.84 Å². The molecule has 23 heavy (non-hydrogen) atoms. The number of hydrogen-bond acceptors (Lipinski definition) is 7. The molecule has 1 aliphatic rings. The Bertz CT molecular complexity index is 646. The second-order valence-electron chi connectivity index (χ2n) is 5.78. The Hall–Kier alpha value is -2.19. The van der Waals surface area contributed by atoms with Crippen LogP contribution in [0.5, 0.6) is 0 Å². The lowest BCUT2D eigenvalue weighted by Gasteiger charge is -2.20. The average Bonchev–Trinajstić information content (AvgIpc) is 3.17. The van der Waals surface area contributed by atoms with E-state index in [1.165, 1.54) is 0 Å². The number of nitrogens with one attached hydrogen (secondary N) is 1. The van der Waals surface area contributed by atoms with Crippen LogP contribution in [0.4, 0.5) is 11.8 Å². The third-order valence-corrected chi connectivity index (χ3v) is 3.84. The van der Waals surface area contributed by atoms with E-state index in [0.29, 0.717) is 25.6 Å². The zero-order valence-corrected chi connectivity index (χ0v) is 13.4. The van der Waals surface area contributed by atoms with Crippen LogP contribution in [0.2, 0.25) is 0 Å². The van der Waals surface area contributed by atoms with Crippen molar-refractivity contribution in [2.45, 2.75) is 25.7 Å². The third-order valence-electron chi connectivity index (χ3n) is 3.84. The second-order valence-corrected chi connectivity index (χ2v) is 5.78. The number of methoxy groups -OCH3 is 1. The largest absolute Gasteiger partial charge is 0.391 e. The number of β-amino-alcohol motifs (C(OH)–C–C–N with tert-alkyl or cyclic N) is 1. The van der Waals surface area contributed by atoms with E-state index in [9.17, 15) is 5.11 Å². The topological polar surface area (TPSA) is 90.4 Å². The van der Waals surface area contributed by atoms with Crippen LogP contribution in [0.25, 0.3) is 0 Å². The quantitative estimate of drug-likeness (QED) is 0.804. The molecule has 8 nitrogen and oxygen atoms in total. The van der Waals surface area contributed by atoms with Crippen LogP contribution < -0.4 is 9.80 Å². The van der Waals surface area contributed by atoms with E-state index in [1.54, 1.807) is 13.3 Å². The molecule has 0 bridgehead atoms. The molecule has 1 fully saturated rings. The molecule has 1 unspecified atom stereocenters. The summed E-state index contributed by atoms with van der Waals surface area (Å²) in [5.41, 5.74) is 1.85. The van der Waals surface area contributed by atoms with Crippen LogP contribution in [0.3, 0.4) is 0 Å². The van der Waals surface area contributed by atoms with Crippen molar-refractivity contribution in [2.24, 2.45) is 0 Å². The van der Waals surface area contributed by atoms with Gasteiger partial charge in [0, 0.05) is 33.4 Å². The number of aromatic amines is 1. The third kappa shape index (κ3) is 3.77. The van der Waals surface area contributed by atoms with Gasteiger partial charge in [-0.1, -0.05) is 0 Å². The molecule has 0 spiro atoms. The lowest BCUT2D eigenvalue weighted by molar-refractivity contribution is 0.181. The summed E-state index contributed by atoms with van der Waals surface area (Å²) in [5, 5.41) is 16.8. The van der Waals surface area contributed by atoms with Gasteiger partial charge in [-0.15, -0.1) is 0 Å². The first kappa shape index (κ1) is 15.7. The standard InChI is InChI=1S/C15H22N6O2/c1-20(8-11-7-12(10-23-2)19-18-11)15-16-5-3-14(17-15)21-6-4-13(22)9-21/h3,5,7,13,22H,4,6,8-10H2,1-2H3,(H,18,19). The van der Waals surface area contributed by atoms with Gasteiger partial charge in [0.05, 0.1) is 30.6 Å². The minimum atomic E-state index is -0.268. The number of aliphatic hydroxyl groups is 1. The van der Waals surface area contributed by atoms with Gasteiger partial charge in [0.2, 0.25) is 5.95 Å². The summed E-state index contributed by atoms with van der Waals surface area (Å²) >= 11 is 0. The van der Waals surface area contributed by atoms with Gasteiger partial charge in [0.1, 0.15) is 5.82 Å². The number of aliphatic hydroxyl groups excluding tert-OH is 1. The first-order chi connectivity index (χ1) is 11.2. The Kier molecular flexibility index (Phi) is 4.73. The molecule has 124 valence electrons. The van der Waals surface area contributed by atoms with E-state index in [4.69, 9.17) is 4.74 Å². The number of ether oxygens (including phenoxy) is 1. The van der Waals surface area contributed by atoms with E-state index in [1.807, 2.05) is 24.1 Å². The van der Waals surface area contributed by atoms with Crippen molar-refractivity contribution in [1.82, 2.24) is 20.2 Å². The Balaban J connectivity index is 1.68. The van der Waals surface area contributed by atoms with Crippen molar-refractivity contribution in [1.29, 1.82) is 0 Å². The smallest absolute Gasteiger partial charge is 0.227 e. The molecular weight excluding hydrogens is 296 g/mol. The molecule has 2 aromatic rings. The summed E-state index contributed by atoms with van der Waals surface area (Å²) < 4.78 is 5.07. The molecular formula is C15H22N6O2. The molecule has 1 atom stereocenters. The monoisotopic (exact) mass is 318 g/mol. The summed E-state index contributed by atoms with van der Waals surface area (Å²) in [6.07, 6.45) is 2.27. The van der Waals surface area contributed by atoms with Crippen molar-refractivity contribution in [2.75, 3.05) is 37.0 Å². The van der Waals surface area contributed by atoms with Crippen molar-refractivity contribution in [3.05, 3.63) is 29.7 Å². The number of rotatable bonds is 6. The SMILES string of the molecule is COCc1cc(CN(C)c2nccc(N3CCC(O)C3)n2)[nH]n1. The normalized spacial score (nSPS) is 17.7. The van der Waals surface area contributed by atoms with Gasteiger partial charge in [-0.05, 0) is 18.6 Å². The molecule has 0 amide bonds. The zero-order chi connectivity index (χ0) is 16.2. The number of nitrogens with zero attached hydrogens (tertiary/aromatic N) is 5. The molecule has 2 N–H and O–H groups in total. The van der Waals surface area contributed by atoms with Crippen LogP contribution in [0, 0.1) is 0 Å². The van der Waals surface area contributed by atoms with Gasteiger partial charge in [-0.25, -0.2) is 4.98 Å². The van der Waals surface area contributed by atoms with E-state index in [0.717, 1.165) is 30.2 Å². The van der Waals surface area contributed by atoms with E-state index in [2.05, 4.69) is 25.1 Å². The van der Waals surface area contributed by atoms with Gasteiger partial charge in [-0.2, -0.15) is 10.1 Å². The molecule has 0 saturated carbocycles. The number of aromatic nitrogens is 4. The fraction of sp³-hybridized carbons (Fsp3) is 0.533. The van der Waals surface area contributed by atoms with E-state index in [-0.39, 0.29) is 6.10 Å². The predicted octanol–water partition coefficient (Wildman–Crippen LogP) is 0.553. The van der Waals surface area contributed by atoms with Crippen LogP contribution in [-0.2, 0) is 17.9 Å². The molecule has 0 aromatic carbocycles. The maximum Gasteiger partial charge on any atom is 0.227 e. The van der Waals surface area contributed by atoms with E-state index >= 15 is 0 Å². The summed E-state index contributed by atoms with van der Waals surface area (Å²) in [5.74, 6) is 1.50. The maximum absolute atomic E-state index is 9.66. The molecule has 3 heterocycles. The number of anilines is 2. The highest BCUT2D eigenvalue weighted by Gasteiger charge is 2.22. The lowest BCUT2D eigenvalue weighted by atomic mass is 10.3. The van der Waals surface area contributed by atoms with Crippen LogP contribution in [0.1, 0.15) is 17.8 Å². The van der Waals surface area contributed by atoms with Gasteiger partial charge in [0.15, 0.2) is 0 Å². The lowest BCUT2D eigenvalue weighted by Crippen LogP contribution is -2.24. The minimum Gasteiger partial charge on any atom is -0.391 e. The average molecular weight is 318 g/mol. The molecule has 3 rings (SSSR count). The minimum absolute atomic E-state index is 0.268. The Morgan fingerprint density at radius 2 is 2.39 bits per heavy atom. The van der Waals surface area contributed by atoms with E-state index < -0.39 is 0 Å². The van der Waals surface area contributed by atoms with Gasteiger partial charge < -0.3 is 19.6 Å². The fourth-order valence-corrected chi connectivity index (χ4v) is 2.69. The highest BCUT2D eigenvalue weighted by Crippen LogP contribution is 2.20. The molecule has 1 saturated heterocycles. The van der Waals surface area contributed by atoms with Gasteiger partial charge >= 0.3 is 0 Å². The first-order valence-electron chi connectivity index (χ1n) is 7.65. The number of hydrogen-bond donors (Lipinski definition) is 2. The highest BCUT2D eigenvalue weighted by molar-refractivity contribution is 5.44. The summed E-state index contributed by atoms with van der Waals surface area (Å²) in [6.45, 7) is 2.57. The Labute approximate surface area is 135 Å². The fourth-order valence-electron chi connectivity index (χ4n) is 2.69. The highest BCUT2D eigenvalue weighted by atomic mass is 16.5. The maximum atomic E-state index is 9.66. The summed E-state index contributed by atoms with van der Waals surface area (Å²) in [6, 6.07) is 3.85. The van der Waals surface area contributed by atoms with Crippen LogP contribution in [0.15, 0.2) is 18.3 Å². The Morgan fingerprint density at radius 3 is 3.13 bits per heavy atom. The number of H-pyrrole nitrogens is 1. The second kappa shape index (κ2) is 6.93. The van der Waals surface area contributed by atoms with Gasteiger partial charge in [0.25, 0.3) is 0 Å². The van der Waals surface area contributed by atoms with Crippen LogP contribution in [-0.4, -0.2) is 58.6 Å². The summed E-state index contributed by atoms with van der Waals surface area (Å²) in [7, 11) is 3.59. The molecule has 1 aliphatic heterocycles. The van der Waals surface area contributed by atoms with Crippen molar-refractivity contribution in [3.63, 3.8) is 0 Å². The summed E-state index contributed by atoms with van der Waals surface area (Å²) in [4.78, 5) is 13.0. The molecule has 0 radical (unpaired) electrons. The van der Waals surface area contributed by atoms with Gasteiger partial charge in [-0.3, -0.25) is 5.10 Å². The Morgan fingerprint density at radius 1 is 1.52 bits per heavy atom.